The number of hydrogen-bond acceptors (Lipinski definition) is 3. The zero-order chi connectivity index (χ0) is 17.4. The Morgan fingerprint density at radius 2 is 1.16 bits per heavy atom. The van der Waals surface area contributed by atoms with Crippen molar-refractivity contribution in [1.82, 2.24) is 0 Å². The van der Waals surface area contributed by atoms with Gasteiger partial charge >= 0.3 is 0 Å². The number of furan rings is 1. The van der Waals surface area contributed by atoms with E-state index in [9.17, 15) is 0 Å². The van der Waals surface area contributed by atoms with Crippen LogP contribution in [0.2, 0.25) is 0 Å². The van der Waals surface area contributed by atoms with Gasteiger partial charge in [-0.05, 0) is 35.4 Å². The van der Waals surface area contributed by atoms with Crippen molar-refractivity contribution in [3.05, 3.63) is 47.5 Å². The third kappa shape index (κ3) is 2.19. The molecular weight excluding hydrogens is 312 g/mol. The van der Waals surface area contributed by atoms with Gasteiger partial charge in [-0.2, -0.15) is 0 Å². The summed E-state index contributed by atoms with van der Waals surface area (Å²) >= 11 is 0. The van der Waals surface area contributed by atoms with Crippen LogP contribution in [-0.4, -0.2) is 13.2 Å². The van der Waals surface area contributed by atoms with Crippen molar-refractivity contribution in [1.29, 1.82) is 0 Å². The summed E-state index contributed by atoms with van der Waals surface area (Å²) in [7, 11) is 0. The highest BCUT2D eigenvalue weighted by Gasteiger charge is 2.42. The second-order valence-corrected chi connectivity index (χ2v) is 8.97. The number of benzene rings is 2. The van der Waals surface area contributed by atoms with E-state index in [-0.39, 0.29) is 23.0 Å². The van der Waals surface area contributed by atoms with Gasteiger partial charge in [0.15, 0.2) is 0 Å². The van der Waals surface area contributed by atoms with Crippen LogP contribution >= 0.6 is 0 Å². The molecule has 3 nitrogen and oxygen atoms in total. The molecule has 3 heterocycles. The molecule has 0 aliphatic carbocycles. The van der Waals surface area contributed by atoms with E-state index in [0.29, 0.717) is 0 Å². The molecule has 5 rings (SSSR count). The molecule has 1 aromatic heterocycles. The van der Waals surface area contributed by atoms with Crippen molar-refractivity contribution in [2.24, 2.45) is 10.8 Å². The van der Waals surface area contributed by atoms with E-state index in [1.807, 2.05) is 0 Å². The van der Waals surface area contributed by atoms with Gasteiger partial charge in [0.2, 0.25) is 0 Å². The van der Waals surface area contributed by atoms with E-state index in [4.69, 9.17) is 13.9 Å². The molecule has 3 heteroatoms. The van der Waals surface area contributed by atoms with E-state index < -0.39 is 0 Å². The van der Waals surface area contributed by atoms with E-state index in [2.05, 4.69) is 64.1 Å². The minimum absolute atomic E-state index is 0.166. The van der Waals surface area contributed by atoms with E-state index >= 15 is 0 Å². The van der Waals surface area contributed by atoms with Gasteiger partial charge in [-0.15, -0.1) is 0 Å². The van der Waals surface area contributed by atoms with Crippen LogP contribution in [0.15, 0.2) is 40.8 Å². The SMILES string of the molecule is CC1(C)COC1c1ccc2oc3ccc(C4OCC4(C)C)cc3c2c1. The number of fused-ring (bicyclic) bond motifs is 3. The van der Waals surface area contributed by atoms with Crippen LogP contribution in [0.1, 0.15) is 51.0 Å². The Labute approximate surface area is 147 Å². The summed E-state index contributed by atoms with van der Waals surface area (Å²) in [5.41, 5.74) is 4.72. The first-order valence-electron chi connectivity index (χ1n) is 9.04. The smallest absolute Gasteiger partial charge is 0.135 e. The van der Waals surface area contributed by atoms with Gasteiger partial charge in [0.1, 0.15) is 11.2 Å². The van der Waals surface area contributed by atoms with Crippen molar-refractivity contribution in [2.45, 2.75) is 39.9 Å². The first kappa shape index (κ1) is 15.4. The molecule has 2 atom stereocenters. The average Bonchev–Trinajstić information content (AvgIpc) is 2.91. The average molecular weight is 336 g/mol. The van der Waals surface area contributed by atoms with Crippen molar-refractivity contribution in [3.63, 3.8) is 0 Å². The molecule has 3 aromatic rings. The van der Waals surface area contributed by atoms with Crippen LogP contribution in [0, 0.1) is 10.8 Å². The third-order valence-electron chi connectivity index (χ3n) is 5.79. The molecule has 0 bridgehead atoms. The monoisotopic (exact) mass is 336 g/mol. The Bertz CT molecular complexity index is 901. The fourth-order valence-electron chi connectivity index (χ4n) is 4.23. The molecule has 0 N–H and O–H groups in total. The molecule has 2 aliphatic heterocycles. The van der Waals surface area contributed by atoms with Gasteiger partial charge < -0.3 is 13.9 Å². The zero-order valence-electron chi connectivity index (χ0n) is 15.3. The summed E-state index contributed by atoms with van der Waals surface area (Å²) in [6.07, 6.45) is 0.331. The topological polar surface area (TPSA) is 31.6 Å². The van der Waals surface area contributed by atoms with Crippen molar-refractivity contribution in [2.75, 3.05) is 13.2 Å². The summed E-state index contributed by atoms with van der Waals surface area (Å²) in [5.74, 6) is 0. The fourth-order valence-corrected chi connectivity index (χ4v) is 4.23. The quantitative estimate of drug-likeness (QED) is 0.594. The maximum atomic E-state index is 6.05. The van der Waals surface area contributed by atoms with Crippen LogP contribution < -0.4 is 0 Å². The van der Waals surface area contributed by atoms with Gasteiger partial charge in [0.25, 0.3) is 0 Å². The van der Waals surface area contributed by atoms with E-state index in [0.717, 1.165) is 35.2 Å². The van der Waals surface area contributed by atoms with Crippen molar-refractivity contribution < 1.29 is 13.9 Å². The van der Waals surface area contributed by atoms with Crippen LogP contribution in [0.25, 0.3) is 21.9 Å². The molecule has 2 fully saturated rings. The standard InChI is InChI=1S/C22H24O3/c1-21(2)11-23-19(21)13-5-7-17-15(9-13)16-10-14(6-8-18(16)25-17)20-22(3,4)12-24-20/h5-10,19-20H,11-12H2,1-4H3. The Balaban J connectivity index is 1.63. The molecule has 0 saturated carbocycles. The second-order valence-electron chi connectivity index (χ2n) is 8.97. The maximum absolute atomic E-state index is 6.05. The Morgan fingerprint density at radius 1 is 0.720 bits per heavy atom. The van der Waals surface area contributed by atoms with Gasteiger partial charge in [0.05, 0.1) is 25.4 Å². The highest BCUT2D eigenvalue weighted by Crippen LogP contribution is 2.48. The summed E-state index contributed by atoms with van der Waals surface area (Å²) in [5, 5.41) is 2.33. The number of hydrogen-bond donors (Lipinski definition) is 0. The largest absolute Gasteiger partial charge is 0.456 e. The molecule has 2 aliphatic rings. The molecule has 2 aromatic carbocycles. The molecule has 130 valence electrons. The zero-order valence-corrected chi connectivity index (χ0v) is 15.3. The fraction of sp³-hybridized carbons (Fsp3) is 0.455. The van der Waals surface area contributed by atoms with Gasteiger partial charge in [-0.3, -0.25) is 0 Å². The first-order valence-corrected chi connectivity index (χ1v) is 9.04. The van der Waals surface area contributed by atoms with Crippen molar-refractivity contribution in [3.8, 4) is 0 Å². The number of rotatable bonds is 2. The van der Waals surface area contributed by atoms with E-state index in [1.165, 1.54) is 11.1 Å². The molecule has 2 saturated heterocycles. The van der Waals surface area contributed by atoms with Crippen LogP contribution in [0.3, 0.4) is 0 Å². The van der Waals surface area contributed by atoms with Crippen molar-refractivity contribution >= 4 is 21.9 Å². The Kier molecular flexibility index (Phi) is 3.00. The van der Waals surface area contributed by atoms with Gasteiger partial charge in [0, 0.05) is 21.6 Å². The summed E-state index contributed by atoms with van der Waals surface area (Å²) in [4.78, 5) is 0. The summed E-state index contributed by atoms with van der Waals surface area (Å²) < 4.78 is 17.7. The highest BCUT2D eigenvalue weighted by molar-refractivity contribution is 6.05. The summed E-state index contributed by atoms with van der Waals surface area (Å²) in [6, 6.07) is 12.9. The Morgan fingerprint density at radius 3 is 1.48 bits per heavy atom. The Hall–Kier alpha value is -1.84. The lowest BCUT2D eigenvalue weighted by molar-refractivity contribution is -0.171. The lowest BCUT2D eigenvalue weighted by atomic mass is 9.78. The molecule has 0 spiro atoms. The highest BCUT2D eigenvalue weighted by atomic mass is 16.5. The van der Waals surface area contributed by atoms with Gasteiger partial charge in [-0.1, -0.05) is 39.8 Å². The summed E-state index contributed by atoms with van der Waals surface area (Å²) in [6.45, 7) is 10.7. The molecule has 2 unspecified atom stereocenters. The normalized spacial score (nSPS) is 27.2. The molecule has 25 heavy (non-hydrogen) atoms. The predicted molar refractivity (Wildman–Crippen MR) is 98.7 cm³/mol. The third-order valence-corrected chi connectivity index (χ3v) is 5.79. The lowest BCUT2D eigenvalue weighted by Crippen LogP contribution is -2.40. The van der Waals surface area contributed by atoms with Crippen LogP contribution in [0.4, 0.5) is 0 Å². The van der Waals surface area contributed by atoms with E-state index in [1.54, 1.807) is 0 Å². The molecule has 0 amide bonds. The maximum Gasteiger partial charge on any atom is 0.135 e. The predicted octanol–water partition coefficient (Wildman–Crippen LogP) is 5.78. The number of ether oxygens (including phenoxy) is 2. The lowest BCUT2D eigenvalue weighted by Gasteiger charge is -2.44. The second kappa shape index (κ2) is 4.87. The molecule has 0 radical (unpaired) electrons. The first-order chi connectivity index (χ1) is 11.9. The van der Waals surface area contributed by atoms with Crippen LogP contribution in [-0.2, 0) is 9.47 Å². The minimum atomic E-state index is 0.166. The minimum Gasteiger partial charge on any atom is -0.456 e. The van der Waals surface area contributed by atoms with Crippen LogP contribution in [0.5, 0.6) is 0 Å². The molecular formula is C22H24O3. The van der Waals surface area contributed by atoms with Gasteiger partial charge in [-0.25, -0.2) is 0 Å².